The molecule has 0 fully saturated rings. The van der Waals surface area contributed by atoms with Gasteiger partial charge in [0.15, 0.2) is 18.2 Å². The van der Waals surface area contributed by atoms with Crippen molar-refractivity contribution in [2.45, 2.75) is 26.8 Å². The van der Waals surface area contributed by atoms with E-state index in [2.05, 4.69) is 20.0 Å². The van der Waals surface area contributed by atoms with Crippen LogP contribution in [0.1, 0.15) is 47.1 Å². The van der Waals surface area contributed by atoms with Crippen LogP contribution in [-0.2, 0) is 19.1 Å². The van der Waals surface area contributed by atoms with Crippen molar-refractivity contribution in [3.05, 3.63) is 65.2 Å². The summed E-state index contributed by atoms with van der Waals surface area (Å²) in [6, 6.07) is 11.4. The molecule has 1 unspecified atom stereocenters. The van der Waals surface area contributed by atoms with Crippen molar-refractivity contribution in [3.63, 3.8) is 0 Å². The Morgan fingerprint density at radius 2 is 1.46 bits per heavy atom. The average molecular weight is 485 g/mol. The van der Waals surface area contributed by atoms with E-state index in [9.17, 15) is 19.2 Å². The van der Waals surface area contributed by atoms with Crippen LogP contribution < -0.4 is 15.8 Å². The maximum absolute atomic E-state index is 12.7. The zero-order chi connectivity index (χ0) is 25.8. The molecule has 0 radical (unpaired) electrons. The van der Waals surface area contributed by atoms with Crippen LogP contribution in [0.2, 0.25) is 0 Å². The van der Waals surface area contributed by atoms with Crippen LogP contribution in [0, 0.1) is 0 Å². The number of ether oxygens (including phenoxy) is 3. The van der Waals surface area contributed by atoms with Gasteiger partial charge in [-0.05, 0) is 57.2 Å². The second-order valence-corrected chi connectivity index (χ2v) is 7.01. The van der Waals surface area contributed by atoms with Crippen molar-refractivity contribution in [2.75, 3.05) is 19.8 Å². The molecule has 2 aromatic carbocycles. The Balaban J connectivity index is 1.92. The quantitative estimate of drug-likeness (QED) is 0.122. The number of hydrogen-bond donors (Lipinski definition) is 2. The van der Waals surface area contributed by atoms with E-state index in [0.29, 0.717) is 16.9 Å². The molecular formula is C24H27N3O8. The van der Waals surface area contributed by atoms with Gasteiger partial charge >= 0.3 is 12.1 Å². The SMILES string of the molecule is CCOC(=O)COc1ccc(C(=O)C(C)NC(=O)c2ccc(/C(N)=N/OC(=O)OCC)cc2)cc1. The van der Waals surface area contributed by atoms with Gasteiger partial charge in [0.25, 0.3) is 5.91 Å². The Morgan fingerprint density at radius 1 is 0.886 bits per heavy atom. The molecule has 0 aliphatic rings. The Kier molecular flexibility index (Phi) is 10.2. The van der Waals surface area contributed by atoms with Crippen molar-refractivity contribution < 1.29 is 38.2 Å². The van der Waals surface area contributed by atoms with E-state index >= 15 is 0 Å². The number of nitrogens with zero attached hydrogens (tertiary/aromatic N) is 1. The lowest BCUT2D eigenvalue weighted by Gasteiger charge is -2.14. The van der Waals surface area contributed by atoms with Gasteiger partial charge in [-0.3, -0.25) is 14.4 Å². The highest BCUT2D eigenvalue weighted by atomic mass is 16.8. The number of carbonyl (C=O) groups is 4. The number of amidine groups is 1. The zero-order valence-corrected chi connectivity index (χ0v) is 19.6. The lowest BCUT2D eigenvalue weighted by atomic mass is 10.0. The van der Waals surface area contributed by atoms with Crippen molar-refractivity contribution >= 4 is 29.7 Å². The van der Waals surface area contributed by atoms with Crippen molar-refractivity contribution in [1.82, 2.24) is 5.32 Å². The normalized spacial score (nSPS) is 11.7. The number of nitrogens with one attached hydrogen (secondary N) is 1. The number of benzene rings is 2. The Bertz CT molecular complexity index is 1070. The van der Waals surface area contributed by atoms with Crippen molar-refractivity contribution in [1.29, 1.82) is 0 Å². The molecule has 2 aromatic rings. The molecule has 0 spiro atoms. The van der Waals surface area contributed by atoms with Crippen molar-refractivity contribution in [3.8, 4) is 5.75 Å². The van der Waals surface area contributed by atoms with Crippen LogP contribution in [0.25, 0.3) is 0 Å². The lowest BCUT2D eigenvalue weighted by Crippen LogP contribution is -2.38. The number of oxime groups is 1. The molecule has 11 nitrogen and oxygen atoms in total. The molecule has 11 heteroatoms. The molecule has 0 aromatic heterocycles. The van der Waals surface area contributed by atoms with Gasteiger partial charge in [0.2, 0.25) is 0 Å². The predicted octanol–water partition coefficient (Wildman–Crippen LogP) is 2.42. The third-order valence-corrected chi connectivity index (χ3v) is 4.47. The van der Waals surface area contributed by atoms with Gasteiger partial charge in [-0.2, -0.15) is 0 Å². The minimum Gasteiger partial charge on any atom is -0.482 e. The molecule has 3 N–H and O–H groups in total. The van der Waals surface area contributed by atoms with E-state index in [1.54, 1.807) is 45.0 Å². The van der Waals surface area contributed by atoms with E-state index < -0.39 is 24.1 Å². The number of ketones is 1. The fourth-order valence-corrected chi connectivity index (χ4v) is 2.73. The Hall–Kier alpha value is -4.41. The third-order valence-electron chi connectivity index (χ3n) is 4.47. The summed E-state index contributed by atoms with van der Waals surface area (Å²) in [5.41, 5.74) is 6.82. The van der Waals surface area contributed by atoms with Gasteiger partial charge in [-0.15, -0.1) is 0 Å². The fourth-order valence-electron chi connectivity index (χ4n) is 2.73. The molecule has 0 saturated carbocycles. The summed E-state index contributed by atoms with van der Waals surface area (Å²) < 4.78 is 14.7. The summed E-state index contributed by atoms with van der Waals surface area (Å²) in [6.45, 7) is 5.05. The fraction of sp³-hybridized carbons (Fsp3) is 0.292. The third kappa shape index (κ3) is 8.46. The van der Waals surface area contributed by atoms with E-state index in [0.717, 1.165) is 0 Å². The summed E-state index contributed by atoms with van der Waals surface area (Å²) in [6.07, 6.45) is -0.982. The number of carbonyl (C=O) groups excluding carboxylic acids is 4. The number of esters is 1. The van der Waals surface area contributed by atoms with Crippen LogP contribution in [0.15, 0.2) is 53.7 Å². The maximum Gasteiger partial charge on any atom is 0.535 e. The predicted molar refractivity (Wildman–Crippen MR) is 125 cm³/mol. The van der Waals surface area contributed by atoms with Crippen LogP contribution >= 0.6 is 0 Å². The molecule has 0 saturated heterocycles. The Morgan fingerprint density at radius 3 is 2.06 bits per heavy atom. The zero-order valence-electron chi connectivity index (χ0n) is 19.6. The van der Waals surface area contributed by atoms with Crippen LogP contribution in [-0.4, -0.2) is 55.5 Å². The maximum atomic E-state index is 12.7. The number of rotatable bonds is 11. The molecule has 0 bridgehead atoms. The average Bonchev–Trinajstić information content (AvgIpc) is 2.86. The number of Topliss-reactive ketones (excluding diaryl/α,β-unsaturated/α-hetero) is 1. The van der Waals surface area contributed by atoms with Crippen LogP contribution in [0.4, 0.5) is 4.79 Å². The van der Waals surface area contributed by atoms with E-state index in [4.69, 9.17) is 15.2 Å². The standard InChI is InChI=1S/C24H27N3O8/c1-4-32-20(28)14-34-19-12-10-16(11-13-19)21(29)15(3)26-23(30)18-8-6-17(7-9-18)22(25)27-35-24(31)33-5-2/h6-13,15H,4-5,14H2,1-3H3,(H2,25,27)(H,26,30). The molecule has 0 aliphatic carbocycles. The molecule has 1 atom stereocenters. The van der Waals surface area contributed by atoms with Gasteiger partial charge in [-0.1, -0.05) is 17.3 Å². The summed E-state index contributed by atoms with van der Waals surface area (Å²) >= 11 is 0. The summed E-state index contributed by atoms with van der Waals surface area (Å²) in [5, 5.41) is 6.11. The van der Waals surface area contributed by atoms with E-state index in [1.165, 1.54) is 24.3 Å². The first-order valence-corrected chi connectivity index (χ1v) is 10.8. The minimum absolute atomic E-state index is 0.0803. The Labute approximate surface area is 202 Å². The molecule has 186 valence electrons. The van der Waals surface area contributed by atoms with Gasteiger partial charge in [-0.25, -0.2) is 9.59 Å². The van der Waals surface area contributed by atoms with Gasteiger partial charge < -0.3 is 25.3 Å². The molecule has 35 heavy (non-hydrogen) atoms. The lowest BCUT2D eigenvalue weighted by molar-refractivity contribution is -0.145. The summed E-state index contributed by atoms with van der Waals surface area (Å²) in [7, 11) is 0. The first kappa shape index (κ1) is 26.8. The largest absolute Gasteiger partial charge is 0.535 e. The molecule has 2 rings (SSSR count). The molecule has 0 aliphatic heterocycles. The highest BCUT2D eigenvalue weighted by Gasteiger charge is 2.19. The van der Waals surface area contributed by atoms with Gasteiger partial charge in [0.1, 0.15) is 5.75 Å². The molecule has 0 heterocycles. The smallest absolute Gasteiger partial charge is 0.482 e. The summed E-state index contributed by atoms with van der Waals surface area (Å²) in [5.74, 6) is -0.938. The molecule has 1 amide bonds. The van der Waals surface area contributed by atoms with Crippen LogP contribution in [0.5, 0.6) is 5.75 Å². The highest BCUT2D eigenvalue weighted by molar-refractivity contribution is 6.04. The van der Waals surface area contributed by atoms with Crippen molar-refractivity contribution in [2.24, 2.45) is 10.9 Å². The highest BCUT2D eigenvalue weighted by Crippen LogP contribution is 2.14. The van der Waals surface area contributed by atoms with Crippen LogP contribution in [0.3, 0.4) is 0 Å². The van der Waals surface area contributed by atoms with E-state index in [-0.39, 0.29) is 37.0 Å². The first-order valence-electron chi connectivity index (χ1n) is 10.8. The number of hydrogen-bond acceptors (Lipinski definition) is 9. The van der Waals surface area contributed by atoms with Gasteiger partial charge in [0, 0.05) is 16.7 Å². The number of nitrogens with two attached hydrogens (primary N) is 1. The minimum atomic E-state index is -0.982. The first-order chi connectivity index (χ1) is 16.7. The second kappa shape index (κ2) is 13.3. The monoisotopic (exact) mass is 485 g/mol. The number of amides is 1. The second-order valence-electron chi connectivity index (χ2n) is 7.01. The van der Waals surface area contributed by atoms with E-state index in [1.807, 2.05) is 0 Å². The van der Waals surface area contributed by atoms with Gasteiger partial charge in [0.05, 0.1) is 19.3 Å². The molecular weight excluding hydrogens is 458 g/mol. The topological polar surface area (TPSA) is 156 Å². The summed E-state index contributed by atoms with van der Waals surface area (Å²) in [4.78, 5) is 52.2.